The third-order valence-electron chi connectivity index (χ3n) is 1.39. The summed E-state index contributed by atoms with van der Waals surface area (Å²) in [6, 6.07) is 6.01. The Balaban J connectivity index is 0.00000121. The fourth-order valence-corrected chi connectivity index (χ4v) is 0.785. The van der Waals surface area contributed by atoms with Crippen molar-refractivity contribution in [2.24, 2.45) is 5.73 Å². The molecule has 2 N–H and O–H groups in total. The first-order chi connectivity index (χ1) is 5.27. The molecule has 0 aliphatic rings. The Morgan fingerprint density at radius 3 is 2.67 bits per heavy atom. The second-order valence-corrected chi connectivity index (χ2v) is 2.13. The van der Waals surface area contributed by atoms with Crippen LogP contribution in [0.4, 0.5) is 4.39 Å². The topological polar surface area (TPSA) is 49.8 Å². The van der Waals surface area contributed by atoms with Gasteiger partial charge in [0.2, 0.25) is 0 Å². The van der Waals surface area contributed by atoms with Crippen LogP contribution in [0.5, 0.6) is 0 Å². The molecule has 2 nitrogen and oxygen atoms in total. The maximum atomic E-state index is 12.6. The molecule has 64 valence electrons. The van der Waals surface area contributed by atoms with Crippen molar-refractivity contribution in [3.63, 3.8) is 0 Å². The van der Waals surface area contributed by atoms with Gasteiger partial charge in [-0.05, 0) is 17.7 Å². The minimum Gasteiger partial charge on any atom is -0.326 e. The molecule has 0 unspecified atom stereocenters. The van der Waals surface area contributed by atoms with Crippen molar-refractivity contribution in [1.82, 2.24) is 0 Å². The summed E-state index contributed by atoms with van der Waals surface area (Å²) in [7, 11) is 0. The van der Waals surface area contributed by atoms with Gasteiger partial charge in [0.15, 0.2) is 0 Å². The second kappa shape index (κ2) is 4.70. The molecule has 1 aromatic rings. The highest BCUT2D eigenvalue weighted by molar-refractivity contribution is 5.85. The van der Waals surface area contributed by atoms with Crippen LogP contribution in [0.1, 0.15) is 11.1 Å². The van der Waals surface area contributed by atoms with E-state index in [1.807, 2.05) is 0 Å². The van der Waals surface area contributed by atoms with E-state index in [4.69, 9.17) is 11.0 Å². The van der Waals surface area contributed by atoms with E-state index in [1.54, 1.807) is 12.1 Å². The molecule has 0 amide bonds. The first-order valence-electron chi connectivity index (χ1n) is 3.16. The average Bonchev–Trinajstić information content (AvgIpc) is 2.05. The largest absolute Gasteiger partial charge is 0.326 e. The van der Waals surface area contributed by atoms with E-state index in [9.17, 15) is 4.39 Å². The summed E-state index contributed by atoms with van der Waals surface area (Å²) in [5, 5.41) is 8.41. The Kier molecular flexibility index (Phi) is 4.27. The smallest absolute Gasteiger partial charge is 0.140 e. The highest BCUT2D eigenvalue weighted by Gasteiger charge is 2.00. The van der Waals surface area contributed by atoms with Crippen molar-refractivity contribution in [2.45, 2.75) is 6.54 Å². The fraction of sp³-hybridized carbons (Fsp3) is 0.125. The lowest BCUT2D eigenvalue weighted by Crippen LogP contribution is -1.97. The van der Waals surface area contributed by atoms with Gasteiger partial charge in [0.1, 0.15) is 11.9 Å². The van der Waals surface area contributed by atoms with Gasteiger partial charge in [-0.15, -0.1) is 12.4 Å². The Labute approximate surface area is 76.2 Å². The molecule has 0 heterocycles. The van der Waals surface area contributed by atoms with Crippen LogP contribution in [0.25, 0.3) is 0 Å². The number of nitrogens with two attached hydrogens (primary N) is 1. The number of halogens is 2. The zero-order valence-corrected chi connectivity index (χ0v) is 7.07. The normalized spacial score (nSPS) is 8.42. The molecule has 0 fully saturated rings. The van der Waals surface area contributed by atoms with Gasteiger partial charge in [-0.2, -0.15) is 5.26 Å². The highest BCUT2D eigenvalue weighted by atomic mass is 35.5. The molecule has 0 saturated carbocycles. The van der Waals surface area contributed by atoms with E-state index in [-0.39, 0.29) is 18.0 Å². The van der Waals surface area contributed by atoms with E-state index in [0.717, 1.165) is 5.56 Å². The molecule has 0 aliphatic heterocycles. The summed E-state index contributed by atoms with van der Waals surface area (Å²) < 4.78 is 12.6. The first-order valence-corrected chi connectivity index (χ1v) is 3.16. The molecule has 1 aromatic carbocycles. The van der Waals surface area contributed by atoms with E-state index in [2.05, 4.69) is 0 Å². The number of nitriles is 1. The van der Waals surface area contributed by atoms with E-state index in [0.29, 0.717) is 6.54 Å². The molecule has 0 bridgehead atoms. The molecule has 0 radical (unpaired) electrons. The van der Waals surface area contributed by atoms with Gasteiger partial charge in [0.05, 0.1) is 5.56 Å². The predicted molar refractivity (Wildman–Crippen MR) is 46.3 cm³/mol. The van der Waals surface area contributed by atoms with E-state index in [1.165, 1.54) is 12.1 Å². The van der Waals surface area contributed by atoms with Crippen molar-refractivity contribution in [1.29, 1.82) is 5.26 Å². The molecular formula is C8H8ClFN2. The van der Waals surface area contributed by atoms with Crippen LogP contribution in [0.3, 0.4) is 0 Å². The van der Waals surface area contributed by atoms with Crippen molar-refractivity contribution in [2.75, 3.05) is 0 Å². The lowest BCUT2D eigenvalue weighted by Gasteiger charge is -1.96. The standard InChI is InChI=1S/C8H7FN2.ClH/c9-8-2-1-6(4-10)3-7(8)5-11;/h1-3H,4,10H2;1H. The van der Waals surface area contributed by atoms with E-state index >= 15 is 0 Å². The summed E-state index contributed by atoms with van der Waals surface area (Å²) in [6.45, 7) is 0.328. The Morgan fingerprint density at radius 2 is 2.17 bits per heavy atom. The fourth-order valence-electron chi connectivity index (χ4n) is 0.785. The minimum atomic E-state index is -0.496. The number of benzene rings is 1. The quantitative estimate of drug-likeness (QED) is 0.724. The molecule has 12 heavy (non-hydrogen) atoms. The third-order valence-corrected chi connectivity index (χ3v) is 1.39. The lowest BCUT2D eigenvalue weighted by atomic mass is 10.1. The molecule has 0 aromatic heterocycles. The van der Waals surface area contributed by atoms with Crippen LogP contribution >= 0.6 is 12.4 Å². The van der Waals surface area contributed by atoms with E-state index < -0.39 is 5.82 Å². The van der Waals surface area contributed by atoms with Crippen molar-refractivity contribution >= 4 is 12.4 Å². The molecule has 1 rings (SSSR count). The molecule has 0 atom stereocenters. The number of hydrogen-bond donors (Lipinski definition) is 1. The SMILES string of the molecule is Cl.N#Cc1cc(CN)ccc1F. The zero-order valence-electron chi connectivity index (χ0n) is 6.25. The Morgan fingerprint density at radius 1 is 1.50 bits per heavy atom. The van der Waals surface area contributed by atoms with Crippen LogP contribution in [0, 0.1) is 17.1 Å². The van der Waals surface area contributed by atoms with Gasteiger partial charge in [-0.25, -0.2) is 4.39 Å². The number of rotatable bonds is 1. The van der Waals surface area contributed by atoms with Crippen LogP contribution in [-0.4, -0.2) is 0 Å². The molecule has 0 spiro atoms. The zero-order chi connectivity index (χ0) is 8.27. The molecular weight excluding hydrogens is 179 g/mol. The van der Waals surface area contributed by atoms with Crippen molar-refractivity contribution < 1.29 is 4.39 Å². The Hall–Kier alpha value is -1.11. The molecule has 0 saturated heterocycles. The van der Waals surface area contributed by atoms with Crippen LogP contribution in [0.2, 0.25) is 0 Å². The first kappa shape index (κ1) is 10.9. The molecule has 0 aliphatic carbocycles. The van der Waals surface area contributed by atoms with Gasteiger partial charge in [0, 0.05) is 6.54 Å². The maximum Gasteiger partial charge on any atom is 0.140 e. The second-order valence-electron chi connectivity index (χ2n) is 2.13. The van der Waals surface area contributed by atoms with Crippen molar-refractivity contribution in [3.05, 3.63) is 35.1 Å². The monoisotopic (exact) mass is 186 g/mol. The van der Waals surface area contributed by atoms with Crippen LogP contribution in [0.15, 0.2) is 18.2 Å². The third kappa shape index (κ3) is 2.19. The highest BCUT2D eigenvalue weighted by Crippen LogP contribution is 2.08. The summed E-state index contributed by atoms with van der Waals surface area (Å²) in [6.07, 6.45) is 0. The Bertz CT molecular complexity index is 306. The summed E-state index contributed by atoms with van der Waals surface area (Å²) in [5.74, 6) is -0.496. The minimum absolute atomic E-state index is 0. The maximum absolute atomic E-state index is 12.6. The van der Waals surface area contributed by atoms with Gasteiger partial charge in [0.25, 0.3) is 0 Å². The van der Waals surface area contributed by atoms with Gasteiger partial charge >= 0.3 is 0 Å². The molecule has 4 heteroatoms. The summed E-state index contributed by atoms with van der Waals surface area (Å²) in [4.78, 5) is 0. The summed E-state index contributed by atoms with van der Waals surface area (Å²) >= 11 is 0. The average molecular weight is 187 g/mol. The van der Waals surface area contributed by atoms with Crippen LogP contribution < -0.4 is 5.73 Å². The predicted octanol–water partition coefficient (Wildman–Crippen LogP) is 1.58. The van der Waals surface area contributed by atoms with Crippen molar-refractivity contribution in [3.8, 4) is 6.07 Å². The number of nitrogens with zero attached hydrogens (tertiary/aromatic N) is 1. The lowest BCUT2D eigenvalue weighted by molar-refractivity contribution is 0.623. The van der Waals surface area contributed by atoms with Gasteiger partial charge in [-0.1, -0.05) is 6.07 Å². The van der Waals surface area contributed by atoms with Crippen LogP contribution in [-0.2, 0) is 6.54 Å². The number of hydrogen-bond acceptors (Lipinski definition) is 2. The van der Waals surface area contributed by atoms with Gasteiger partial charge in [-0.3, -0.25) is 0 Å². The van der Waals surface area contributed by atoms with Gasteiger partial charge < -0.3 is 5.73 Å². The summed E-state index contributed by atoms with van der Waals surface area (Å²) in [5.41, 5.74) is 6.11.